The molecule has 3 atom stereocenters. The van der Waals surface area contributed by atoms with E-state index in [1.54, 1.807) is 36.7 Å². The zero-order valence-corrected chi connectivity index (χ0v) is 20.4. The lowest BCUT2D eigenvalue weighted by Gasteiger charge is -2.33. The molecule has 1 aromatic carbocycles. The van der Waals surface area contributed by atoms with Crippen LogP contribution < -0.4 is 20.7 Å². The molecule has 0 radical (unpaired) electrons. The summed E-state index contributed by atoms with van der Waals surface area (Å²) in [6, 6.07) is 9.23. The Hall–Kier alpha value is -3.24. The lowest BCUT2D eigenvalue weighted by atomic mass is 9.90. The predicted octanol–water partition coefficient (Wildman–Crippen LogP) is 3.86. The second-order valence-electron chi connectivity index (χ2n) is 8.86. The lowest BCUT2D eigenvalue weighted by molar-refractivity contribution is -0.131. The van der Waals surface area contributed by atoms with Crippen LogP contribution in [0.5, 0.6) is 11.5 Å². The van der Waals surface area contributed by atoms with Crippen molar-refractivity contribution in [2.45, 2.75) is 56.7 Å². The van der Waals surface area contributed by atoms with Crippen molar-refractivity contribution in [2.75, 3.05) is 19.0 Å². The predicted molar refractivity (Wildman–Crippen MR) is 134 cm³/mol. The topological polar surface area (TPSA) is 114 Å². The van der Waals surface area contributed by atoms with Gasteiger partial charge in [0.25, 0.3) is 5.91 Å². The number of thiazole rings is 1. The number of ether oxygens (including phenoxy) is 2. The largest absolute Gasteiger partial charge is 0.457 e. The fourth-order valence-electron chi connectivity index (χ4n) is 4.59. The maximum absolute atomic E-state index is 12.6. The molecule has 35 heavy (non-hydrogen) atoms. The molecule has 1 saturated heterocycles. The first kappa shape index (κ1) is 23.5. The highest BCUT2D eigenvalue weighted by Crippen LogP contribution is 2.33. The average Bonchev–Trinajstić information content (AvgIpc) is 3.55. The number of aromatic nitrogens is 2. The van der Waals surface area contributed by atoms with Crippen molar-refractivity contribution in [2.24, 2.45) is 0 Å². The van der Waals surface area contributed by atoms with Gasteiger partial charge in [-0.1, -0.05) is 24.2 Å². The summed E-state index contributed by atoms with van der Waals surface area (Å²) in [5.74, 6) is 0.925. The van der Waals surface area contributed by atoms with Crippen molar-refractivity contribution >= 4 is 38.5 Å². The first-order chi connectivity index (χ1) is 17.1. The molecule has 10 heteroatoms. The van der Waals surface area contributed by atoms with E-state index in [1.807, 2.05) is 18.2 Å². The Balaban J connectivity index is 1.27. The zero-order valence-electron chi connectivity index (χ0n) is 19.6. The fourth-order valence-corrected chi connectivity index (χ4v) is 5.54. The van der Waals surface area contributed by atoms with Crippen LogP contribution in [0.1, 0.15) is 49.0 Å². The van der Waals surface area contributed by atoms with Crippen LogP contribution in [0.15, 0.2) is 36.5 Å². The Morgan fingerprint density at radius 3 is 2.69 bits per heavy atom. The van der Waals surface area contributed by atoms with E-state index in [0.717, 1.165) is 53.9 Å². The summed E-state index contributed by atoms with van der Waals surface area (Å²) in [5.41, 5.74) is 1.17. The molecule has 1 saturated carbocycles. The van der Waals surface area contributed by atoms with E-state index in [4.69, 9.17) is 14.5 Å². The van der Waals surface area contributed by atoms with Gasteiger partial charge in [0.1, 0.15) is 23.3 Å². The SMILES string of the molecule is CNC(=O)c1cc(Oc2ccc3nc(N[C@H]4CCCC[C@H]4NC(=O)C4CCCO4)sc3c2)ccn1. The Bertz CT molecular complexity index is 1210. The van der Waals surface area contributed by atoms with Gasteiger partial charge < -0.3 is 25.4 Å². The van der Waals surface area contributed by atoms with Gasteiger partial charge in [-0.3, -0.25) is 14.6 Å². The van der Waals surface area contributed by atoms with Crippen LogP contribution in [0.4, 0.5) is 5.13 Å². The van der Waals surface area contributed by atoms with Gasteiger partial charge in [0.15, 0.2) is 5.13 Å². The van der Waals surface area contributed by atoms with E-state index in [2.05, 4.69) is 20.9 Å². The summed E-state index contributed by atoms with van der Waals surface area (Å²) in [6.45, 7) is 0.665. The fraction of sp³-hybridized carbons (Fsp3) is 0.440. The first-order valence-corrected chi connectivity index (χ1v) is 12.9. The zero-order chi connectivity index (χ0) is 24.2. The summed E-state index contributed by atoms with van der Waals surface area (Å²) in [4.78, 5) is 33.2. The van der Waals surface area contributed by atoms with Crippen LogP contribution in [0, 0.1) is 0 Å². The smallest absolute Gasteiger partial charge is 0.269 e. The molecule has 3 heterocycles. The number of nitrogens with zero attached hydrogens (tertiary/aromatic N) is 2. The molecule has 1 aliphatic heterocycles. The molecule has 0 spiro atoms. The molecule has 9 nitrogen and oxygen atoms in total. The Morgan fingerprint density at radius 1 is 1.06 bits per heavy atom. The summed E-state index contributed by atoms with van der Waals surface area (Å²) < 4.78 is 12.5. The van der Waals surface area contributed by atoms with Crippen LogP contribution in [0.3, 0.4) is 0 Å². The Labute approximate surface area is 207 Å². The molecular formula is C25H29N5O4S. The number of rotatable bonds is 7. The summed E-state index contributed by atoms with van der Waals surface area (Å²) >= 11 is 1.56. The highest BCUT2D eigenvalue weighted by molar-refractivity contribution is 7.22. The molecule has 3 N–H and O–H groups in total. The number of benzene rings is 1. The molecule has 5 rings (SSSR count). The van der Waals surface area contributed by atoms with Crippen molar-refractivity contribution in [3.63, 3.8) is 0 Å². The number of carbonyl (C=O) groups excluding carboxylic acids is 2. The number of carbonyl (C=O) groups is 2. The van der Waals surface area contributed by atoms with Crippen molar-refractivity contribution in [1.29, 1.82) is 0 Å². The van der Waals surface area contributed by atoms with Crippen LogP contribution in [-0.4, -0.2) is 53.6 Å². The van der Waals surface area contributed by atoms with Crippen LogP contribution in [-0.2, 0) is 9.53 Å². The van der Waals surface area contributed by atoms with Gasteiger partial charge >= 0.3 is 0 Å². The molecule has 2 aromatic heterocycles. The van der Waals surface area contributed by atoms with Gasteiger partial charge in [-0.25, -0.2) is 4.98 Å². The van der Waals surface area contributed by atoms with Gasteiger partial charge in [-0.15, -0.1) is 0 Å². The molecule has 1 unspecified atom stereocenters. The van der Waals surface area contributed by atoms with Crippen molar-refractivity contribution in [1.82, 2.24) is 20.6 Å². The molecule has 2 fully saturated rings. The quantitative estimate of drug-likeness (QED) is 0.456. The third-order valence-electron chi connectivity index (χ3n) is 6.41. The molecule has 3 aromatic rings. The van der Waals surface area contributed by atoms with Gasteiger partial charge in [0.05, 0.1) is 10.2 Å². The lowest BCUT2D eigenvalue weighted by Crippen LogP contribution is -2.51. The van der Waals surface area contributed by atoms with Crippen LogP contribution in [0.25, 0.3) is 10.2 Å². The maximum atomic E-state index is 12.6. The second-order valence-corrected chi connectivity index (χ2v) is 9.89. The number of anilines is 1. The third kappa shape index (κ3) is 5.54. The van der Waals surface area contributed by atoms with Crippen molar-refractivity contribution < 1.29 is 19.1 Å². The second kappa shape index (κ2) is 10.6. The number of hydrogen-bond donors (Lipinski definition) is 3. The van der Waals surface area contributed by atoms with Gasteiger partial charge in [-0.05, 0) is 43.9 Å². The normalized spacial score (nSPS) is 22.0. The average molecular weight is 496 g/mol. The minimum atomic E-state index is -0.314. The summed E-state index contributed by atoms with van der Waals surface area (Å²) in [6.07, 6.45) is 7.13. The molecule has 2 aliphatic rings. The van der Waals surface area contributed by atoms with Crippen LogP contribution >= 0.6 is 11.3 Å². The minimum Gasteiger partial charge on any atom is -0.457 e. The van der Waals surface area contributed by atoms with E-state index >= 15 is 0 Å². The van der Waals surface area contributed by atoms with Gasteiger partial charge in [-0.2, -0.15) is 0 Å². The number of pyridine rings is 1. The number of amides is 2. The monoisotopic (exact) mass is 495 g/mol. The Morgan fingerprint density at radius 2 is 1.89 bits per heavy atom. The van der Waals surface area contributed by atoms with Crippen molar-refractivity contribution in [3.05, 3.63) is 42.2 Å². The van der Waals surface area contributed by atoms with Crippen LogP contribution in [0.2, 0.25) is 0 Å². The summed E-state index contributed by atoms with van der Waals surface area (Å²) in [7, 11) is 1.56. The summed E-state index contributed by atoms with van der Waals surface area (Å²) in [5, 5.41) is 10.2. The Kier molecular flexibility index (Phi) is 7.10. The number of fused-ring (bicyclic) bond motifs is 1. The highest BCUT2D eigenvalue weighted by atomic mass is 32.1. The molecule has 0 bridgehead atoms. The number of hydrogen-bond acceptors (Lipinski definition) is 8. The minimum absolute atomic E-state index is 0.00276. The molecule has 2 amide bonds. The van der Waals surface area contributed by atoms with E-state index in [9.17, 15) is 9.59 Å². The van der Waals surface area contributed by atoms with E-state index < -0.39 is 0 Å². The molecule has 1 aliphatic carbocycles. The van der Waals surface area contributed by atoms with E-state index in [0.29, 0.717) is 23.8 Å². The molecule has 184 valence electrons. The van der Waals surface area contributed by atoms with E-state index in [1.165, 1.54) is 0 Å². The number of nitrogens with one attached hydrogen (secondary N) is 3. The van der Waals surface area contributed by atoms with Gasteiger partial charge in [0.2, 0.25) is 5.91 Å². The van der Waals surface area contributed by atoms with Crippen molar-refractivity contribution in [3.8, 4) is 11.5 Å². The molecular weight excluding hydrogens is 466 g/mol. The highest BCUT2D eigenvalue weighted by Gasteiger charge is 2.31. The third-order valence-corrected chi connectivity index (χ3v) is 7.36. The first-order valence-electron chi connectivity index (χ1n) is 12.0. The maximum Gasteiger partial charge on any atom is 0.269 e. The van der Waals surface area contributed by atoms with E-state index in [-0.39, 0.29) is 30.0 Å². The van der Waals surface area contributed by atoms with Gasteiger partial charge in [0, 0.05) is 44.1 Å². The standard InChI is InChI=1S/C25H29N5O4S/c1-26-23(31)20-13-16(10-11-27-20)34-15-8-9-19-22(14-15)35-25(30-19)29-18-6-3-2-5-17(18)28-24(32)21-7-4-12-33-21/h8-11,13-14,17-18,21H,2-7,12H2,1H3,(H,26,31)(H,28,32)(H,29,30)/t17-,18+,21?/m1/s1.